The molecule has 2 aromatic heterocycles. The fourth-order valence-electron chi connectivity index (χ4n) is 2.20. The molecule has 0 N–H and O–H groups in total. The quantitative estimate of drug-likeness (QED) is 0.736. The van der Waals surface area contributed by atoms with E-state index in [1.807, 2.05) is 23.1 Å². The molecule has 4 heteroatoms. The van der Waals surface area contributed by atoms with Crippen LogP contribution in [0, 0.1) is 6.92 Å². The van der Waals surface area contributed by atoms with Crippen LogP contribution in [0.2, 0.25) is 0 Å². The maximum Gasteiger partial charge on any atom is 0.160 e. The second kappa shape index (κ2) is 3.87. The zero-order valence-electron chi connectivity index (χ0n) is 9.39. The van der Waals surface area contributed by atoms with Gasteiger partial charge in [0.25, 0.3) is 0 Å². The van der Waals surface area contributed by atoms with E-state index >= 15 is 0 Å². The molecule has 1 aliphatic rings. The van der Waals surface area contributed by atoms with Crippen LogP contribution in [0.25, 0.3) is 11.0 Å². The third kappa shape index (κ3) is 1.50. The van der Waals surface area contributed by atoms with Crippen molar-refractivity contribution >= 4 is 11.0 Å². The lowest BCUT2D eigenvalue weighted by atomic mass is 10.2. The van der Waals surface area contributed by atoms with E-state index in [0.717, 1.165) is 30.5 Å². The van der Waals surface area contributed by atoms with Gasteiger partial charge in [-0.15, -0.1) is 0 Å². The van der Waals surface area contributed by atoms with Crippen molar-refractivity contribution in [3.63, 3.8) is 0 Å². The van der Waals surface area contributed by atoms with Crippen LogP contribution in [0.1, 0.15) is 31.1 Å². The molecule has 0 aromatic carbocycles. The van der Waals surface area contributed by atoms with E-state index in [4.69, 9.17) is 4.74 Å². The number of aromatic nitrogens is 3. The minimum absolute atomic E-state index is 0.0700. The second-order valence-corrected chi connectivity index (χ2v) is 4.28. The maximum atomic E-state index is 5.73. The molecule has 1 fully saturated rings. The van der Waals surface area contributed by atoms with Crippen LogP contribution in [0.5, 0.6) is 0 Å². The normalized spacial score (nSPS) is 21.4. The Hall–Kier alpha value is -1.42. The van der Waals surface area contributed by atoms with Crippen LogP contribution < -0.4 is 0 Å². The minimum atomic E-state index is 0.0700. The van der Waals surface area contributed by atoms with Gasteiger partial charge in [0.2, 0.25) is 0 Å². The molecule has 0 radical (unpaired) electrons. The van der Waals surface area contributed by atoms with E-state index in [-0.39, 0.29) is 6.23 Å². The number of aryl methyl sites for hydroxylation is 1. The van der Waals surface area contributed by atoms with Crippen molar-refractivity contribution in [2.75, 3.05) is 6.61 Å². The summed E-state index contributed by atoms with van der Waals surface area (Å²) < 4.78 is 7.65. The lowest BCUT2D eigenvalue weighted by Gasteiger charge is -2.22. The Morgan fingerprint density at radius 2 is 2.38 bits per heavy atom. The Labute approximate surface area is 94.2 Å². The van der Waals surface area contributed by atoms with Crippen molar-refractivity contribution < 1.29 is 4.74 Å². The van der Waals surface area contributed by atoms with E-state index in [9.17, 15) is 0 Å². The first-order valence-corrected chi connectivity index (χ1v) is 5.77. The van der Waals surface area contributed by atoms with Crippen molar-refractivity contribution in [1.82, 2.24) is 14.8 Å². The van der Waals surface area contributed by atoms with Crippen molar-refractivity contribution in [1.29, 1.82) is 0 Å². The highest BCUT2D eigenvalue weighted by Crippen LogP contribution is 2.25. The zero-order valence-corrected chi connectivity index (χ0v) is 9.39. The number of hydrogen-bond donors (Lipinski definition) is 0. The molecule has 1 saturated heterocycles. The molecule has 1 atom stereocenters. The summed E-state index contributed by atoms with van der Waals surface area (Å²) in [5, 5.41) is 5.53. The molecule has 0 saturated carbocycles. The van der Waals surface area contributed by atoms with E-state index in [1.165, 1.54) is 12.0 Å². The number of fused-ring (bicyclic) bond motifs is 1. The van der Waals surface area contributed by atoms with Gasteiger partial charge in [-0.25, -0.2) is 9.67 Å². The topological polar surface area (TPSA) is 39.9 Å². The Balaban J connectivity index is 2.06. The minimum Gasteiger partial charge on any atom is -0.356 e. The fraction of sp³-hybridized carbons (Fsp3) is 0.500. The van der Waals surface area contributed by atoms with E-state index in [1.54, 1.807) is 0 Å². The average molecular weight is 217 g/mol. The first kappa shape index (κ1) is 9.78. The molecule has 1 unspecified atom stereocenters. The molecule has 0 aliphatic carbocycles. The number of nitrogens with zero attached hydrogens (tertiary/aromatic N) is 3. The van der Waals surface area contributed by atoms with Crippen LogP contribution in [0.4, 0.5) is 0 Å². The average Bonchev–Trinajstić information content (AvgIpc) is 2.75. The predicted molar refractivity (Wildman–Crippen MR) is 61.1 cm³/mol. The van der Waals surface area contributed by atoms with E-state index in [0.29, 0.717) is 0 Å². The summed E-state index contributed by atoms with van der Waals surface area (Å²) in [6.07, 6.45) is 7.18. The van der Waals surface area contributed by atoms with Crippen LogP contribution >= 0.6 is 0 Å². The molecular weight excluding hydrogens is 202 g/mol. The van der Waals surface area contributed by atoms with E-state index < -0.39 is 0 Å². The van der Waals surface area contributed by atoms with Crippen LogP contribution in [-0.4, -0.2) is 21.4 Å². The van der Waals surface area contributed by atoms with Gasteiger partial charge in [0.05, 0.1) is 6.20 Å². The third-order valence-electron chi connectivity index (χ3n) is 3.14. The summed E-state index contributed by atoms with van der Waals surface area (Å²) in [5.74, 6) is 0. The molecule has 3 rings (SSSR count). The Morgan fingerprint density at radius 3 is 3.19 bits per heavy atom. The van der Waals surface area contributed by atoms with Gasteiger partial charge < -0.3 is 4.74 Å². The monoisotopic (exact) mass is 217 g/mol. The van der Waals surface area contributed by atoms with Crippen LogP contribution in [0.3, 0.4) is 0 Å². The van der Waals surface area contributed by atoms with Crippen LogP contribution in [-0.2, 0) is 4.74 Å². The zero-order chi connectivity index (χ0) is 11.0. The summed E-state index contributed by atoms with van der Waals surface area (Å²) in [5.41, 5.74) is 2.15. The van der Waals surface area contributed by atoms with Gasteiger partial charge in [0, 0.05) is 18.2 Å². The molecule has 16 heavy (non-hydrogen) atoms. The summed E-state index contributed by atoms with van der Waals surface area (Å²) in [7, 11) is 0. The Kier molecular flexibility index (Phi) is 2.36. The molecular formula is C12H15N3O. The summed E-state index contributed by atoms with van der Waals surface area (Å²) in [6, 6.07) is 2.01. The second-order valence-electron chi connectivity index (χ2n) is 4.28. The maximum absolute atomic E-state index is 5.73. The van der Waals surface area contributed by atoms with Crippen molar-refractivity contribution in [3.8, 4) is 0 Å². The van der Waals surface area contributed by atoms with Crippen molar-refractivity contribution in [3.05, 3.63) is 24.0 Å². The predicted octanol–water partition coefficient (Wildman–Crippen LogP) is 2.44. The van der Waals surface area contributed by atoms with Gasteiger partial charge in [0.1, 0.15) is 0 Å². The van der Waals surface area contributed by atoms with Crippen molar-refractivity contribution in [2.24, 2.45) is 0 Å². The first-order valence-electron chi connectivity index (χ1n) is 5.77. The summed E-state index contributed by atoms with van der Waals surface area (Å²) >= 11 is 0. The number of rotatable bonds is 1. The highest BCUT2D eigenvalue weighted by molar-refractivity contribution is 5.78. The van der Waals surface area contributed by atoms with Gasteiger partial charge in [-0.2, -0.15) is 5.10 Å². The number of pyridine rings is 1. The van der Waals surface area contributed by atoms with Gasteiger partial charge in [0.15, 0.2) is 11.9 Å². The van der Waals surface area contributed by atoms with Gasteiger partial charge in [-0.05, 0) is 37.8 Å². The fourth-order valence-corrected chi connectivity index (χ4v) is 2.20. The highest BCUT2D eigenvalue weighted by Gasteiger charge is 2.19. The molecule has 0 amide bonds. The summed E-state index contributed by atoms with van der Waals surface area (Å²) in [6.45, 7) is 2.91. The molecule has 3 heterocycles. The first-order chi connectivity index (χ1) is 7.86. The molecule has 4 nitrogen and oxygen atoms in total. The van der Waals surface area contributed by atoms with E-state index in [2.05, 4.69) is 17.0 Å². The molecule has 84 valence electrons. The van der Waals surface area contributed by atoms with Gasteiger partial charge in [-0.1, -0.05) is 0 Å². The third-order valence-corrected chi connectivity index (χ3v) is 3.14. The molecule has 2 aromatic rings. The van der Waals surface area contributed by atoms with Crippen LogP contribution in [0.15, 0.2) is 18.5 Å². The largest absolute Gasteiger partial charge is 0.356 e. The number of ether oxygens (including phenoxy) is 1. The Bertz CT molecular complexity index is 500. The lowest BCUT2D eigenvalue weighted by molar-refractivity contribution is -0.0370. The number of hydrogen-bond acceptors (Lipinski definition) is 3. The van der Waals surface area contributed by atoms with Gasteiger partial charge >= 0.3 is 0 Å². The highest BCUT2D eigenvalue weighted by atomic mass is 16.5. The Morgan fingerprint density at radius 1 is 1.44 bits per heavy atom. The SMILES string of the molecule is Cc1ccnc2c1cnn2C1CCCCO1. The lowest BCUT2D eigenvalue weighted by Crippen LogP contribution is -2.19. The standard InChI is InChI=1S/C12H15N3O/c1-9-5-6-13-12-10(9)8-14-15(12)11-4-2-3-7-16-11/h5-6,8,11H,2-4,7H2,1H3. The van der Waals surface area contributed by atoms with Crippen molar-refractivity contribution in [2.45, 2.75) is 32.4 Å². The van der Waals surface area contributed by atoms with Gasteiger partial charge in [-0.3, -0.25) is 0 Å². The summed E-state index contributed by atoms with van der Waals surface area (Å²) in [4.78, 5) is 4.40. The smallest absolute Gasteiger partial charge is 0.160 e. The molecule has 0 bridgehead atoms. The molecule has 1 aliphatic heterocycles. The molecule has 0 spiro atoms.